The molecule has 0 heterocycles. The molecule has 1 N–H and O–H groups in total. The highest BCUT2D eigenvalue weighted by Crippen LogP contribution is 2.26. The van der Waals surface area contributed by atoms with Gasteiger partial charge in [0.25, 0.3) is 0 Å². The molecule has 1 saturated carbocycles. The van der Waals surface area contributed by atoms with Gasteiger partial charge >= 0.3 is 0 Å². The van der Waals surface area contributed by atoms with Crippen molar-refractivity contribution < 1.29 is 4.39 Å². The van der Waals surface area contributed by atoms with Crippen molar-refractivity contribution in [1.29, 1.82) is 0 Å². The Bertz CT molecular complexity index is 369. The van der Waals surface area contributed by atoms with Gasteiger partial charge in [-0.25, -0.2) is 4.39 Å². The lowest BCUT2D eigenvalue weighted by Crippen LogP contribution is -2.37. The Morgan fingerprint density at radius 2 is 1.79 bits per heavy atom. The summed E-state index contributed by atoms with van der Waals surface area (Å²) in [4.78, 5) is 2.46. The monoisotopic (exact) mass is 264 g/mol. The number of nitrogens with one attached hydrogen (secondary N) is 1. The fourth-order valence-corrected chi connectivity index (χ4v) is 2.81. The van der Waals surface area contributed by atoms with E-state index in [1.807, 2.05) is 0 Å². The third kappa shape index (κ3) is 4.50. The molecule has 0 aromatic heterocycles. The summed E-state index contributed by atoms with van der Waals surface area (Å²) in [5.74, 6) is 0.723. The minimum atomic E-state index is -0.181. The van der Waals surface area contributed by atoms with Gasteiger partial charge < -0.3 is 10.2 Å². The molecule has 106 valence electrons. The first-order valence-electron chi connectivity index (χ1n) is 7.35. The van der Waals surface area contributed by atoms with Crippen LogP contribution in [0.1, 0.15) is 32.6 Å². The van der Waals surface area contributed by atoms with E-state index in [1.165, 1.54) is 37.8 Å². The molecule has 2 nitrogen and oxygen atoms in total. The van der Waals surface area contributed by atoms with Crippen molar-refractivity contribution in [2.45, 2.75) is 38.6 Å². The van der Waals surface area contributed by atoms with Crippen LogP contribution in [-0.4, -0.2) is 31.1 Å². The molecule has 1 aromatic rings. The molecule has 19 heavy (non-hydrogen) atoms. The van der Waals surface area contributed by atoms with Crippen molar-refractivity contribution in [3.05, 3.63) is 30.1 Å². The van der Waals surface area contributed by atoms with E-state index in [0.717, 1.165) is 30.7 Å². The summed E-state index contributed by atoms with van der Waals surface area (Å²) in [6.07, 6.45) is 5.38. The molecule has 0 atom stereocenters. The molecule has 1 fully saturated rings. The number of rotatable bonds is 5. The van der Waals surface area contributed by atoms with Crippen LogP contribution in [0.25, 0.3) is 0 Å². The van der Waals surface area contributed by atoms with Crippen LogP contribution >= 0.6 is 0 Å². The van der Waals surface area contributed by atoms with E-state index in [9.17, 15) is 4.39 Å². The van der Waals surface area contributed by atoms with Crippen LogP contribution in [0.4, 0.5) is 10.1 Å². The van der Waals surface area contributed by atoms with Crippen LogP contribution in [0.2, 0.25) is 0 Å². The SMILES string of the molecule is CC1CCC(N(C)CCNc2ccc(F)cc2)CC1. The number of nitrogens with zero attached hydrogens (tertiary/aromatic N) is 1. The molecular formula is C16H25FN2. The lowest BCUT2D eigenvalue weighted by atomic mass is 9.87. The van der Waals surface area contributed by atoms with Crippen molar-refractivity contribution >= 4 is 5.69 Å². The lowest BCUT2D eigenvalue weighted by Gasteiger charge is -2.33. The number of benzene rings is 1. The fourth-order valence-electron chi connectivity index (χ4n) is 2.81. The second kappa shape index (κ2) is 6.90. The van der Waals surface area contributed by atoms with Crippen molar-refractivity contribution in [1.82, 2.24) is 4.90 Å². The molecule has 0 radical (unpaired) electrons. The maximum Gasteiger partial charge on any atom is 0.123 e. The predicted molar refractivity (Wildman–Crippen MR) is 78.9 cm³/mol. The van der Waals surface area contributed by atoms with E-state index < -0.39 is 0 Å². The Kier molecular flexibility index (Phi) is 5.20. The quantitative estimate of drug-likeness (QED) is 0.871. The van der Waals surface area contributed by atoms with Crippen LogP contribution in [0.15, 0.2) is 24.3 Å². The molecular weight excluding hydrogens is 239 g/mol. The number of hydrogen-bond donors (Lipinski definition) is 1. The van der Waals surface area contributed by atoms with Crippen molar-refractivity contribution in [2.75, 3.05) is 25.5 Å². The third-order valence-electron chi connectivity index (χ3n) is 4.25. The van der Waals surface area contributed by atoms with E-state index in [-0.39, 0.29) is 5.82 Å². The summed E-state index contributed by atoms with van der Waals surface area (Å²) in [5.41, 5.74) is 0.993. The highest BCUT2D eigenvalue weighted by atomic mass is 19.1. The Hall–Kier alpha value is -1.09. The number of hydrogen-bond acceptors (Lipinski definition) is 2. The Labute approximate surface area is 116 Å². The predicted octanol–water partition coefficient (Wildman–Crippen LogP) is 3.75. The third-order valence-corrected chi connectivity index (χ3v) is 4.25. The first kappa shape index (κ1) is 14.3. The van der Waals surface area contributed by atoms with Gasteiger partial charge in [0.05, 0.1) is 0 Å². The summed E-state index contributed by atoms with van der Waals surface area (Å²) in [7, 11) is 2.22. The average Bonchev–Trinajstić information content (AvgIpc) is 2.41. The normalized spacial score (nSPS) is 23.6. The van der Waals surface area contributed by atoms with Crippen LogP contribution in [0, 0.1) is 11.7 Å². The highest BCUT2D eigenvalue weighted by Gasteiger charge is 2.21. The largest absolute Gasteiger partial charge is 0.384 e. The molecule has 1 aromatic carbocycles. The Balaban J connectivity index is 1.69. The van der Waals surface area contributed by atoms with Crippen LogP contribution < -0.4 is 5.32 Å². The van der Waals surface area contributed by atoms with Gasteiger partial charge in [0.1, 0.15) is 5.82 Å². The molecule has 1 aliphatic rings. The summed E-state index contributed by atoms with van der Waals surface area (Å²) < 4.78 is 12.8. The molecule has 0 aliphatic heterocycles. The minimum Gasteiger partial charge on any atom is -0.384 e. The number of halogens is 1. The molecule has 0 unspecified atom stereocenters. The lowest BCUT2D eigenvalue weighted by molar-refractivity contribution is 0.175. The zero-order valence-corrected chi connectivity index (χ0v) is 12.0. The van der Waals surface area contributed by atoms with Crippen LogP contribution in [-0.2, 0) is 0 Å². The highest BCUT2D eigenvalue weighted by molar-refractivity contribution is 5.42. The first-order chi connectivity index (χ1) is 9.15. The van der Waals surface area contributed by atoms with E-state index in [2.05, 4.69) is 24.2 Å². The zero-order valence-electron chi connectivity index (χ0n) is 12.0. The van der Waals surface area contributed by atoms with E-state index in [1.54, 1.807) is 12.1 Å². The van der Waals surface area contributed by atoms with Gasteiger partial charge in [0, 0.05) is 24.8 Å². The topological polar surface area (TPSA) is 15.3 Å². The maximum atomic E-state index is 12.8. The second-order valence-corrected chi connectivity index (χ2v) is 5.83. The summed E-state index contributed by atoms with van der Waals surface area (Å²) >= 11 is 0. The van der Waals surface area contributed by atoms with Crippen molar-refractivity contribution in [2.24, 2.45) is 5.92 Å². The molecule has 0 amide bonds. The summed E-state index contributed by atoms with van der Waals surface area (Å²) in [6.45, 7) is 4.30. The Morgan fingerprint density at radius 3 is 2.42 bits per heavy atom. The summed E-state index contributed by atoms with van der Waals surface area (Å²) in [5, 5.41) is 3.34. The smallest absolute Gasteiger partial charge is 0.123 e. The van der Waals surface area contributed by atoms with Crippen molar-refractivity contribution in [3.63, 3.8) is 0 Å². The average molecular weight is 264 g/mol. The van der Waals surface area contributed by atoms with Crippen molar-refractivity contribution in [3.8, 4) is 0 Å². The maximum absolute atomic E-state index is 12.8. The number of likely N-dealkylation sites (N-methyl/N-ethyl adjacent to an activating group) is 1. The van der Waals surface area contributed by atoms with Gasteiger partial charge in [0.15, 0.2) is 0 Å². The van der Waals surface area contributed by atoms with E-state index in [4.69, 9.17) is 0 Å². The zero-order chi connectivity index (χ0) is 13.7. The molecule has 0 bridgehead atoms. The van der Waals surface area contributed by atoms with Crippen LogP contribution in [0.5, 0.6) is 0 Å². The molecule has 1 aliphatic carbocycles. The standard InChI is InChI=1S/C16H25FN2/c1-13-3-9-16(10-4-13)19(2)12-11-18-15-7-5-14(17)6-8-15/h5-8,13,16,18H,3-4,9-12H2,1-2H3. The van der Waals surface area contributed by atoms with Gasteiger partial charge in [-0.05, 0) is 62.9 Å². The van der Waals surface area contributed by atoms with E-state index in [0.29, 0.717) is 0 Å². The Morgan fingerprint density at radius 1 is 1.16 bits per heavy atom. The van der Waals surface area contributed by atoms with Gasteiger partial charge in [0.2, 0.25) is 0 Å². The van der Waals surface area contributed by atoms with Gasteiger partial charge in [-0.15, -0.1) is 0 Å². The van der Waals surface area contributed by atoms with Gasteiger partial charge in [-0.1, -0.05) is 6.92 Å². The van der Waals surface area contributed by atoms with Gasteiger partial charge in [-0.2, -0.15) is 0 Å². The second-order valence-electron chi connectivity index (χ2n) is 5.83. The minimum absolute atomic E-state index is 0.181. The molecule has 2 rings (SSSR count). The molecule has 0 saturated heterocycles. The van der Waals surface area contributed by atoms with E-state index >= 15 is 0 Å². The first-order valence-corrected chi connectivity index (χ1v) is 7.35. The number of anilines is 1. The molecule has 3 heteroatoms. The molecule has 0 spiro atoms. The summed E-state index contributed by atoms with van der Waals surface area (Å²) in [6, 6.07) is 7.31. The fraction of sp³-hybridized carbons (Fsp3) is 0.625. The van der Waals surface area contributed by atoms with Gasteiger partial charge in [-0.3, -0.25) is 0 Å². The van der Waals surface area contributed by atoms with Crippen LogP contribution in [0.3, 0.4) is 0 Å².